The Balaban J connectivity index is 2.76. The van der Waals surface area contributed by atoms with Crippen LogP contribution in [0.15, 0.2) is 30.3 Å². The van der Waals surface area contributed by atoms with Crippen LogP contribution in [-0.2, 0) is 0 Å². The average Bonchev–Trinajstić information content (AvgIpc) is 2.27. The zero-order chi connectivity index (χ0) is 10.6. The van der Waals surface area contributed by atoms with Gasteiger partial charge in [-0.05, 0) is 0 Å². The summed E-state index contributed by atoms with van der Waals surface area (Å²) in [7, 11) is 0. The number of alkyl halides is 2. The quantitative estimate of drug-likeness (QED) is 0.638. The first-order valence-corrected chi connectivity index (χ1v) is 5.02. The fourth-order valence-corrected chi connectivity index (χ4v) is 1.34. The van der Waals surface area contributed by atoms with Gasteiger partial charge in [-0.15, -0.1) is 23.2 Å². The first-order chi connectivity index (χ1) is 6.66. The maximum atomic E-state index is 11.6. The molecule has 0 bridgehead atoms. The van der Waals surface area contributed by atoms with E-state index in [4.69, 9.17) is 28.3 Å². The lowest BCUT2D eigenvalue weighted by molar-refractivity contribution is 0.0977. The van der Waals surface area contributed by atoms with Gasteiger partial charge < -0.3 is 5.11 Å². The zero-order valence-electron chi connectivity index (χ0n) is 7.36. The molecule has 0 heterocycles. The Morgan fingerprint density at radius 2 is 1.86 bits per heavy atom. The summed E-state index contributed by atoms with van der Waals surface area (Å²) >= 11 is 11.4. The van der Waals surface area contributed by atoms with Gasteiger partial charge in [-0.1, -0.05) is 30.3 Å². The Hall–Kier alpha value is -0.570. The molecule has 0 fully saturated rings. The topological polar surface area (TPSA) is 37.3 Å². The lowest BCUT2D eigenvalue weighted by Crippen LogP contribution is -2.27. The fraction of sp³-hybridized carbons (Fsp3) is 0.300. The summed E-state index contributed by atoms with van der Waals surface area (Å²) in [6, 6.07) is 8.64. The molecule has 0 aromatic heterocycles. The molecule has 14 heavy (non-hydrogen) atoms. The van der Waals surface area contributed by atoms with Crippen molar-refractivity contribution in [2.24, 2.45) is 0 Å². The highest BCUT2D eigenvalue weighted by Crippen LogP contribution is 2.15. The summed E-state index contributed by atoms with van der Waals surface area (Å²) in [4.78, 5) is 11.6. The standard InChI is InChI=1S/C10H10Cl2O2/c11-8(6-13)9(12)10(14)7-4-2-1-3-5-7/h1-5,8-9,13H,6H2. The van der Waals surface area contributed by atoms with Crippen LogP contribution >= 0.6 is 23.2 Å². The number of hydrogen-bond donors (Lipinski definition) is 1. The van der Waals surface area contributed by atoms with Crippen LogP contribution in [0, 0.1) is 0 Å². The van der Waals surface area contributed by atoms with Gasteiger partial charge in [0.25, 0.3) is 0 Å². The van der Waals surface area contributed by atoms with Crippen molar-refractivity contribution in [1.29, 1.82) is 0 Å². The molecular formula is C10H10Cl2O2. The lowest BCUT2D eigenvalue weighted by atomic mass is 10.1. The molecule has 76 valence electrons. The van der Waals surface area contributed by atoms with Crippen molar-refractivity contribution in [2.45, 2.75) is 10.8 Å². The van der Waals surface area contributed by atoms with Gasteiger partial charge in [-0.2, -0.15) is 0 Å². The third-order valence-electron chi connectivity index (χ3n) is 1.80. The van der Waals surface area contributed by atoms with Crippen LogP contribution < -0.4 is 0 Å². The Morgan fingerprint density at radius 1 is 1.29 bits per heavy atom. The molecule has 0 amide bonds. The van der Waals surface area contributed by atoms with E-state index in [1.54, 1.807) is 24.3 Å². The number of ketones is 1. The number of rotatable bonds is 4. The molecule has 4 heteroatoms. The minimum atomic E-state index is -0.885. The van der Waals surface area contributed by atoms with E-state index in [1.165, 1.54) is 0 Å². The minimum Gasteiger partial charge on any atom is -0.395 e. The highest BCUT2D eigenvalue weighted by atomic mass is 35.5. The Morgan fingerprint density at radius 3 is 2.36 bits per heavy atom. The lowest BCUT2D eigenvalue weighted by Gasteiger charge is -2.12. The molecule has 0 radical (unpaired) electrons. The van der Waals surface area contributed by atoms with Crippen LogP contribution in [0.1, 0.15) is 10.4 Å². The minimum absolute atomic E-state index is 0.263. The predicted octanol–water partition coefficient (Wildman–Crippen LogP) is 2.08. The van der Waals surface area contributed by atoms with E-state index in [-0.39, 0.29) is 12.4 Å². The van der Waals surface area contributed by atoms with Crippen molar-refractivity contribution >= 4 is 29.0 Å². The summed E-state index contributed by atoms with van der Waals surface area (Å²) in [5.41, 5.74) is 0.506. The van der Waals surface area contributed by atoms with E-state index in [2.05, 4.69) is 0 Å². The van der Waals surface area contributed by atoms with Crippen molar-refractivity contribution in [2.75, 3.05) is 6.61 Å². The summed E-state index contributed by atoms with van der Waals surface area (Å²) in [5.74, 6) is -0.263. The molecule has 1 aromatic rings. The normalized spacial score (nSPS) is 14.8. The molecule has 0 saturated heterocycles. The third-order valence-corrected chi connectivity index (χ3v) is 2.82. The summed E-state index contributed by atoms with van der Waals surface area (Å²) in [5, 5.41) is 7.10. The maximum Gasteiger partial charge on any atom is 0.182 e. The molecular weight excluding hydrogens is 223 g/mol. The molecule has 1 aromatic carbocycles. The van der Waals surface area contributed by atoms with Gasteiger partial charge in [-0.25, -0.2) is 0 Å². The van der Waals surface area contributed by atoms with Gasteiger partial charge in [0.1, 0.15) is 5.38 Å². The first kappa shape index (κ1) is 11.5. The summed E-state index contributed by atoms with van der Waals surface area (Å²) in [6.45, 7) is -0.311. The van der Waals surface area contributed by atoms with Crippen molar-refractivity contribution in [3.63, 3.8) is 0 Å². The number of carbonyl (C=O) groups is 1. The Bertz CT molecular complexity index is 300. The van der Waals surface area contributed by atoms with Crippen molar-refractivity contribution < 1.29 is 9.90 Å². The van der Waals surface area contributed by atoms with Crippen LogP contribution in [0.2, 0.25) is 0 Å². The molecule has 0 spiro atoms. The highest BCUT2D eigenvalue weighted by molar-refractivity contribution is 6.39. The van der Waals surface area contributed by atoms with E-state index < -0.39 is 10.8 Å². The number of halogens is 2. The number of aliphatic hydroxyl groups is 1. The molecule has 0 aliphatic heterocycles. The van der Waals surface area contributed by atoms with Gasteiger partial charge in [0.2, 0.25) is 0 Å². The van der Waals surface area contributed by atoms with Crippen LogP contribution in [-0.4, -0.2) is 28.3 Å². The molecule has 1 N–H and O–H groups in total. The number of Topliss-reactive ketones (excluding diaryl/α,β-unsaturated/α-hetero) is 1. The van der Waals surface area contributed by atoms with Crippen molar-refractivity contribution in [1.82, 2.24) is 0 Å². The summed E-state index contributed by atoms with van der Waals surface area (Å²) in [6.07, 6.45) is 0. The number of hydrogen-bond acceptors (Lipinski definition) is 2. The first-order valence-electron chi connectivity index (χ1n) is 4.15. The number of benzene rings is 1. The summed E-state index contributed by atoms with van der Waals surface area (Å²) < 4.78 is 0. The zero-order valence-corrected chi connectivity index (χ0v) is 8.87. The second-order valence-corrected chi connectivity index (χ2v) is 3.86. The predicted molar refractivity (Wildman–Crippen MR) is 57.1 cm³/mol. The Kier molecular flexibility index (Phi) is 4.39. The molecule has 0 aliphatic rings. The monoisotopic (exact) mass is 232 g/mol. The molecule has 2 nitrogen and oxygen atoms in total. The Labute approximate surface area is 92.5 Å². The van der Waals surface area contributed by atoms with Gasteiger partial charge >= 0.3 is 0 Å². The fourth-order valence-electron chi connectivity index (χ4n) is 1.02. The molecule has 0 aliphatic carbocycles. The van der Waals surface area contributed by atoms with E-state index in [0.29, 0.717) is 5.56 Å². The van der Waals surface area contributed by atoms with Crippen molar-refractivity contribution in [3.05, 3.63) is 35.9 Å². The van der Waals surface area contributed by atoms with Gasteiger partial charge in [0.05, 0.1) is 12.0 Å². The number of carbonyl (C=O) groups excluding carboxylic acids is 1. The maximum absolute atomic E-state index is 11.6. The average molecular weight is 233 g/mol. The van der Waals surface area contributed by atoms with Gasteiger partial charge in [-0.3, -0.25) is 4.79 Å². The molecule has 2 atom stereocenters. The third kappa shape index (κ3) is 2.71. The molecule has 2 unspecified atom stereocenters. The van der Waals surface area contributed by atoms with Gasteiger partial charge in [0, 0.05) is 5.56 Å². The largest absolute Gasteiger partial charge is 0.395 e. The van der Waals surface area contributed by atoms with Gasteiger partial charge in [0.15, 0.2) is 5.78 Å². The SMILES string of the molecule is O=C(c1ccccc1)C(Cl)C(Cl)CO. The van der Waals surface area contributed by atoms with Crippen LogP contribution in [0.5, 0.6) is 0 Å². The molecule has 0 saturated carbocycles. The van der Waals surface area contributed by atoms with Crippen LogP contribution in [0.4, 0.5) is 0 Å². The van der Waals surface area contributed by atoms with E-state index in [1.807, 2.05) is 6.07 Å². The second kappa shape index (κ2) is 5.35. The second-order valence-electron chi connectivity index (χ2n) is 2.83. The smallest absolute Gasteiger partial charge is 0.182 e. The van der Waals surface area contributed by atoms with Crippen LogP contribution in [0.3, 0.4) is 0 Å². The van der Waals surface area contributed by atoms with E-state index in [0.717, 1.165) is 0 Å². The van der Waals surface area contributed by atoms with E-state index in [9.17, 15) is 4.79 Å². The number of aliphatic hydroxyl groups excluding tert-OH is 1. The van der Waals surface area contributed by atoms with Crippen LogP contribution in [0.25, 0.3) is 0 Å². The van der Waals surface area contributed by atoms with Crippen molar-refractivity contribution in [3.8, 4) is 0 Å². The van der Waals surface area contributed by atoms with E-state index >= 15 is 0 Å². The molecule has 1 rings (SSSR count). The highest BCUT2D eigenvalue weighted by Gasteiger charge is 2.24.